The van der Waals surface area contributed by atoms with E-state index in [4.69, 9.17) is 0 Å². The molecule has 1 aliphatic heterocycles. The van der Waals surface area contributed by atoms with Crippen molar-refractivity contribution in [1.82, 2.24) is 4.90 Å². The highest BCUT2D eigenvalue weighted by Crippen LogP contribution is 2.45. The zero-order valence-corrected chi connectivity index (χ0v) is 21.9. The molecule has 0 aromatic heterocycles. The molecule has 1 aliphatic carbocycles. The number of hydrogen-bond donors (Lipinski definition) is 1. The van der Waals surface area contributed by atoms with Crippen LogP contribution < -0.4 is 0 Å². The van der Waals surface area contributed by atoms with Crippen LogP contribution in [0.5, 0.6) is 0 Å². The molecule has 0 amide bonds. The summed E-state index contributed by atoms with van der Waals surface area (Å²) in [6, 6.07) is 15.3. The molecule has 0 atom stereocenters. The molecule has 0 unspecified atom stereocenters. The molecule has 1 fully saturated rings. The Hall–Kier alpha value is -3.52. The third-order valence-corrected chi connectivity index (χ3v) is 7.82. The molecule has 0 bridgehead atoms. The Labute approximate surface area is 229 Å². The largest absolute Gasteiger partial charge is 0.478 e. The first kappa shape index (κ1) is 28.0. The number of nitrogens with zero attached hydrogens (tertiary/aromatic N) is 1. The van der Waals surface area contributed by atoms with E-state index in [0.717, 1.165) is 49.8 Å². The Balaban J connectivity index is 1.58. The van der Waals surface area contributed by atoms with Crippen molar-refractivity contribution in [2.45, 2.75) is 38.3 Å². The van der Waals surface area contributed by atoms with Crippen LogP contribution in [0.4, 0.5) is 22.0 Å². The first-order chi connectivity index (χ1) is 19.2. The van der Waals surface area contributed by atoms with Crippen LogP contribution in [-0.2, 0) is 19.0 Å². The van der Waals surface area contributed by atoms with Gasteiger partial charge in [0.2, 0.25) is 0 Å². The number of hydrogen-bond acceptors (Lipinski definition) is 2. The van der Waals surface area contributed by atoms with Gasteiger partial charge in [0.1, 0.15) is 5.82 Å². The molecule has 3 aromatic rings. The number of likely N-dealkylation sites (tertiary alicyclic amines) is 1. The molecule has 5 rings (SSSR count). The highest BCUT2D eigenvalue weighted by Gasteiger charge is 2.37. The number of benzene rings is 3. The van der Waals surface area contributed by atoms with Gasteiger partial charge in [-0.2, -0.15) is 13.2 Å². The van der Waals surface area contributed by atoms with Crippen molar-refractivity contribution in [3.8, 4) is 0 Å². The molecule has 2 aliphatic rings. The van der Waals surface area contributed by atoms with Gasteiger partial charge in [-0.3, -0.25) is 4.39 Å². The minimum absolute atomic E-state index is 0.0971. The van der Waals surface area contributed by atoms with Crippen molar-refractivity contribution in [3.63, 3.8) is 0 Å². The number of carbonyl (C=O) groups is 1. The molecule has 1 heterocycles. The van der Waals surface area contributed by atoms with Crippen molar-refractivity contribution >= 4 is 17.1 Å². The lowest BCUT2D eigenvalue weighted by Gasteiger charge is -2.39. The molecule has 3 aromatic carbocycles. The quantitative estimate of drug-likeness (QED) is 0.290. The van der Waals surface area contributed by atoms with Gasteiger partial charge in [-0.25, -0.2) is 9.18 Å². The van der Waals surface area contributed by atoms with Crippen LogP contribution in [0.1, 0.15) is 63.0 Å². The zero-order valence-electron chi connectivity index (χ0n) is 21.9. The van der Waals surface area contributed by atoms with Gasteiger partial charge in [0.15, 0.2) is 0 Å². The number of alkyl halides is 4. The summed E-state index contributed by atoms with van der Waals surface area (Å²) in [5.41, 5.74) is 2.44. The van der Waals surface area contributed by atoms with Crippen molar-refractivity contribution in [2.24, 2.45) is 5.92 Å². The van der Waals surface area contributed by atoms with Crippen molar-refractivity contribution in [3.05, 3.63) is 105 Å². The molecular formula is C32H30F5NO2. The molecule has 1 saturated heterocycles. The summed E-state index contributed by atoms with van der Waals surface area (Å²) < 4.78 is 69.9. The predicted octanol–water partition coefficient (Wildman–Crippen LogP) is 7.67. The van der Waals surface area contributed by atoms with E-state index in [1.807, 2.05) is 24.3 Å². The van der Waals surface area contributed by atoms with E-state index in [-0.39, 0.29) is 24.2 Å². The molecule has 8 heteroatoms. The molecule has 0 spiro atoms. The van der Waals surface area contributed by atoms with E-state index in [9.17, 15) is 27.5 Å². The summed E-state index contributed by atoms with van der Waals surface area (Å²) in [6.07, 6.45) is -2.27. The van der Waals surface area contributed by atoms with E-state index in [1.54, 1.807) is 12.1 Å². The number of carboxylic acid groups (broad SMARTS) is 1. The molecule has 0 radical (unpaired) electrons. The Morgan fingerprint density at radius 3 is 2.42 bits per heavy atom. The van der Waals surface area contributed by atoms with Gasteiger partial charge in [-0.05, 0) is 95.7 Å². The SMILES string of the molecule is O=C(O)c1ccc2c(c1)CCCC(c1c(F)cccc1C(F)(F)F)=C2c1ccc(CC2CN(CCCF)C2)cc1. The van der Waals surface area contributed by atoms with E-state index < -0.39 is 29.1 Å². The average molecular weight is 556 g/mol. The number of aryl methyl sites for hydroxylation is 1. The van der Waals surface area contributed by atoms with Crippen molar-refractivity contribution < 1.29 is 31.9 Å². The highest BCUT2D eigenvalue weighted by atomic mass is 19.4. The lowest BCUT2D eigenvalue weighted by Crippen LogP contribution is -2.47. The summed E-state index contributed by atoms with van der Waals surface area (Å²) >= 11 is 0. The van der Waals surface area contributed by atoms with Gasteiger partial charge in [0, 0.05) is 25.2 Å². The van der Waals surface area contributed by atoms with Crippen LogP contribution in [0.3, 0.4) is 0 Å². The monoisotopic (exact) mass is 555 g/mol. The van der Waals surface area contributed by atoms with Gasteiger partial charge >= 0.3 is 12.1 Å². The van der Waals surface area contributed by atoms with Crippen molar-refractivity contribution in [1.29, 1.82) is 0 Å². The summed E-state index contributed by atoms with van der Waals surface area (Å²) in [5.74, 6) is -1.57. The maximum Gasteiger partial charge on any atom is 0.417 e. The Morgan fingerprint density at radius 2 is 1.75 bits per heavy atom. The van der Waals surface area contributed by atoms with Gasteiger partial charge in [0.05, 0.1) is 17.8 Å². The summed E-state index contributed by atoms with van der Waals surface area (Å²) in [7, 11) is 0. The Kier molecular flexibility index (Phi) is 8.08. The van der Waals surface area contributed by atoms with Gasteiger partial charge in [-0.15, -0.1) is 0 Å². The standard InChI is InChI=1S/C32H30F5NO2/c33-14-3-15-38-18-21(19-38)16-20-8-10-22(11-9-20)29-25-13-12-24(31(39)40)17-23(25)4-1-5-26(29)30-27(32(35,36)37)6-2-7-28(30)34/h2,6-13,17,21H,1,3-5,14-16,18-19H2,(H,39,40). The molecule has 1 N–H and O–H groups in total. The van der Waals surface area contributed by atoms with Crippen LogP contribution in [0.15, 0.2) is 60.7 Å². The van der Waals surface area contributed by atoms with Gasteiger partial charge < -0.3 is 10.0 Å². The number of rotatable bonds is 8. The third kappa shape index (κ3) is 5.82. The first-order valence-corrected chi connectivity index (χ1v) is 13.5. The van der Waals surface area contributed by atoms with Crippen LogP contribution in [0, 0.1) is 11.7 Å². The minimum atomic E-state index is -4.75. The maximum atomic E-state index is 15.3. The van der Waals surface area contributed by atoms with Crippen molar-refractivity contribution in [2.75, 3.05) is 26.3 Å². The third-order valence-electron chi connectivity index (χ3n) is 7.82. The number of halogens is 5. The topological polar surface area (TPSA) is 40.5 Å². The summed E-state index contributed by atoms with van der Waals surface area (Å²) in [5, 5.41) is 9.51. The Bertz CT molecular complexity index is 1420. The first-order valence-electron chi connectivity index (χ1n) is 13.5. The lowest BCUT2D eigenvalue weighted by atomic mass is 9.84. The number of carboxylic acids is 1. The average Bonchev–Trinajstić information content (AvgIpc) is 3.08. The van der Waals surface area contributed by atoms with Crippen LogP contribution in [0.2, 0.25) is 0 Å². The molecule has 210 valence electrons. The maximum absolute atomic E-state index is 15.3. The number of fused-ring (bicyclic) bond motifs is 1. The highest BCUT2D eigenvalue weighted by molar-refractivity contribution is 6.01. The minimum Gasteiger partial charge on any atom is -0.478 e. The second kappa shape index (κ2) is 11.5. The second-order valence-electron chi connectivity index (χ2n) is 10.6. The molecule has 3 nitrogen and oxygen atoms in total. The van der Waals surface area contributed by atoms with E-state index in [0.29, 0.717) is 47.4 Å². The summed E-state index contributed by atoms with van der Waals surface area (Å²) in [6.45, 7) is 2.24. The molecule has 0 saturated carbocycles. The molecular weight excluding hydrogens is 525 g/mol. The fourth-order valence-electron chi connectivity index (χ4n) is 5.98. The summed E-state index contributed by atoms with van der Waals surface area (Å²) in [4.78, 5) is 13.8. The number of allylic oxidation sites excluding steroid dienone is 1. The second-order valence-corrected chi connectivity index (χ2v) is 10.6. The molecule has 40 heavy (non-hydrogen) atoms. The van der Waals surface area contributed by atoms with Crippen LogP contribution >= 0.6 is 0 Å². The van der Waals surface area contributed by atoms with E-state index >= 15 is 4.39 Å². The fraction of sp³-hybridized carbons (Fsp3) is 0.344. The zero-order chi connectivity index (χ0) is 28.4. The van der Waals surface area contributed by atoms with Crippen LogP contribution in [0.25, 0.3) is 11.1 Å². The normalized spacial score (nSPS) is 16.4. The predicted molar refractivity (Wildman–Crippen MR) is 144 cm³/mol. The smallest absolute Gasteiger partial charge is 0.417 e. The fourth-order valence-corrected chi connectivity index (χ4v) is 5.98. The van der Waals surface area contributed by atoms with E-state index in [1.165, 1.54) is 6.07 Å². The lowest BCUT2D eigenvalue weighted by molar-refractivity contribution is -0.138. The van der Waals surface area contributed by atoms with E-state index in [2.05, 4.69) is 4.90 Å². The Morgan fingerprint density at radius 1 is 1.00 bits per heavy atom. The van der Waals surface area contributed by atoms with Crippen LogP contribution in [-0.4, -0.2) is 42.3 Å². The van der Waals surface area contributed by atoms with Gasteiger partial charge in [-0.1, -0.05) is 36.4 Å². The van der Waals surface area contributed by atoms with Gasteiger partial charge in [0.25, 0.3) is 0 Å². The number of aromatic carboxylic acids is 1.